The van der Waals surface area contributed by atoms with E-state index in [9.17, 15) is 4.79 Å². The molecule has 1 aliphatic rings. The van der Waals surface area contributed by atoms with Crippen molar-refractivity contribution in [3.63, 3.8) is 0 Å². The van der Waals surface area contributed by atoms with Crippen LogP contribution in [0.4, 0.5) is 0 Å². The van der Waals surface area contributed by atoms with Gasteiger partial charge in [0, 0.05) is 39.3 Å². The lowest BCUT2D eigenvalue weighted by Crippen LogP contribution is -2.46. The quantitative estimate of drug-likeness (QED) is 0.828. The van der Waals surface area contributed by atoms with Crippen molar-refractivity contribution >= 4 is 5.97 Å². The zero-order valence-electron chi connectivity index (χ0n) is 12.6. The third kappa shape index (κ3) is 5.36. The van der Waals surface area contributed by atoms with Crippen LogP contribution in [0.5, 0.6) is 5.75 Å². The van der Waals surface area contributed by atoms with Crippen LogP contribution in [0.15, 0.2) is 24.3 Å². The Hall–Kier alpha value is -1.59. The molecule has 1 heterocycles. The van der Waals surface area contributed by atoms with Gasteiger partial charge in [0.25, 0.3) is 0 Å². The monoisotopic (exact) mass is 292 g/mol. The van der Waals surface area contributed by atoms with Crippen molar-refractivity contribution in [2.24, 2.45) is 0 Å². The van der Waals surface area contributed by atoms with Crippen LogP contribution in [-0.2, 0) is 11.3 Å². The summed E-state index contributed by atoms with van der Waals surface area (Å²) in [6.07, 6.45) is 0.235. The predicted octanol–water partition coefficient (Wildman–Crippen LogP) is 1.68. The lowest BCUT2D eigenvalue weighted by atomic mass is 10.2. The second kappa shape index (κ2) is 8.00. The van der Waals surface area contributed by atoms with Gasteiger partial charge in [-0.15, -0.1) is 0 Å². The normalized spacial score (nSPS) is 16.8. The Morgan fingerprint density at radius 1 is 1.14 bits per heavy atom. The van der Waals surface area contributed by atoms with Gasteiger partial charge >= 0.3 is 5.97 Å². The summed E-state index contributed by atoms with van der Waals surface area (Å²) in [5.41, 5.74) is 1.29. The van der Waals surface area contributed by atoms with Crippen LogP contribution in [0.1, 0.15) is 18.9 Å². The SMILES string of the molecule is CCOc1ccc(CN2CCN(CCC(=O)O)CC2)cc1. The van der Waals surface area contributed by atoms with Gasteiger partial charge < -0.3 is 14.7 Å². The maximum absolute atomic E-state index is 10.6. The van der Waals surface area contributed by atoms with Crippen LogP contribution in [0.25, 0.3) is 0 Å². The van der Waals surface area contributed by atoms with E-state index in [0.29, 0.717) is 13.2 Å². The number of ether oxygens (including phenoxy) is 1. The van der Waals surface area contributed by atoms with E-state index in [1.165, 1.54) is 5.56 Å². The highest BCUT2D eigenvalue weighted by molar-refractivity contribution is 5.66. The predicted molar refractivity (Wildman–Crippen MR) is 81.6 cm³/mol. The van der Waals surface area contributed by atoms with E-state index in [-0.39, 0.29) is 6.42 Å². The summed E-state index contributed by atoms with van der Waals surface area (Å²) >= 11 is 0. The Bertz CT molecular complexity index is 439. The molecular formula is C16H24N2O3. The fraction of sp³-hybridized carbons (Fsp3) is 0.562. The van der Waals surface area contributed by atoms with E-state index in [2.05, 4.69) is 21.9 Å². The third-order valence-corrected chi connectivity index (χ3v) is 3.75. The first-order valence-electron chi connectivity index (χ1n) is 7.55. The van der Waals surface area contributed by atoms with Crippen molar-refractivity contribution in [1.29, 1.82) is 0 Å². The van der Waals surface area contributed by atoms with Crippen LogP contribution in [0, 0.1) is 0 Å². The van der Waals surface area contributed by atoms with Crippen LogP contribution >= 0.6 is 0 Å². The third-order valence-electron chi connectivity index (χ3n) is 3.75. The summed E-state index contributed by atoms with van der Waals surface area (Å²) in [7, 11) is 0. The minimum Gasteiger partial charge on any atom is -0.494 e. The molecule has 0 bridgehead atoms. The Morgan fingerprint density at radius 2 is 1.76 bits per heavy atom. The summed E-state index contributed by atoms with van der Waals surface area (Å²) in [5.74, 6) is 0.201. The Balaban J connectivity index is 1.74. The van der Waals surface area contributed by atoms with Crippen molar-refractivity contribution < 1.29 is 14.6 Å². The number of carbonyl (C=O) groups is 1. The fourth-order valence-electron chi connectivity index (χ4n) is 2.54. The van der Waals surface area contributed by atoms with Crippen molar-refractivity contribution in [2.75, 3.05) is 39.3 Å². The number of carboxylic acids is 1. The molecule has 1 aromatic carbocycles. The number of hydrogen-bond donors (Lipinski definition) is 1. The molecule has 2 rings (SSSR count). The van der Waals surface area contributed by atoms with Crippen LogP contribution in [0.3, 0.4) is 0 Å². The summed E-state index contributed by atoms with van der Waals surface area (Å²) in [6.45, 7) is 8.16. The highest BCUT2D eigenvalue weighted by atomic mass is 16.5. The number of piperazine rings is 1. The van der Waals surface area contributed by atoms with Gasteiger partial charge in [-0.1, -0.05) is 12.1 Å². The van der Waals surface area contributed by atoms with Crippen molar-refractivity contribution in [3.8, 4) is 5.75 Å². The number of rotatable bonds is 7. The minimum atomic E-state index is -0.716. The first kappa shape index (κ1) is 15.8. The molecule has 1 aliphatic heterocycles. The topological polar surface area (TPSA) is 53.0 Å². The summed E-state index contributed by atoms with van der Waals surface area (Å²) < 4.78 is 5.44. The summed E-state index contributed by atoms with van der Waals surface area (Å²) in [5, 5.41) is 8.70. The van der Waals surface area contributed by atoms with Gasteiger partial charge in [0.2, 0.25) is 0 Å². The molecular weight excluding hydrogens is 268 g/mol. The number of benzene rings is 1. The molecule has 21 heavy (non-hydrogen) atoms. The van der Waals surface area contributed by atoms with Gasteiger partial charge in [0.1, 0.15) is 5.75 Å². The zero-order valence-corrected chi connectivity index (χ0v) is 12.6. The van der Waals surface area contributed by atoms with Gasteiger partial charge in [-0.05, 0) is 24.6 Å². The molecule has 0 spiro atoms. The lowest BCUT2D eigenvalue weighted by molar-refractivity contribution is -0.137. The Morgan fingerprint density at radius 3 is 2.33 bits per heavy atom. The van der Waals surface area contributed by atoms with Crippen molar-refractivity contribution in [1.82, 2.24) is 9.80 Å². The second-order valence-corrected chi connectivity index (χ2v) is 5.34. The van der Waals surface area contributed by atoms with E-state index in [1.807, 2.05) is 19.1 Å². The first-order chi connectivity index (χ1) is 10.2. The van der Waals surface area contributed by atoms with E-state index in [0.717, 1.165) is 38.5 Å². The first-order valence-corrected chi connectivity index (χ1v) is 7.55. The summed E-state index contributed by atoms with van der Waals surface area (Å²) in [4.78, 5) is 15.2. The van der Waals surface area contributed by atoms with E-state index >= 15 is 0 Å². The molecule has 0 unspecified atom stereocenters. The van der Waals surface area contributed by atoms with Gasteiger partial charge in [0.05, 0.1) is 13.0 Å². The molecule has 0 atom stereocenters. The average Bonchev–Trinajstić information content (AvgIpc) is 2.49. The average molecular weight is 292 g/mol. The number of aliphatic carboxylic acids is 1. The van der Waals surface area contributed by atoms with Gasteiger partial charge in [-0.2, -0.15) is 0 Å². The van der Waals surface area contributed by atoms with Crippen LogP contribution in [-0.4, -0.2) is 60.2 Å². The molecule has 116 valence electrons. The highest BCUT2D eigenvalue weighted by Crippen LogP contribution is 2.14. The highest BCUT2D eigenvalue weighted by Gasteiger charge is 2.17. The molecule has 0 saturated carbocycles. The van der Waals surface area contributed by atoms with E-state index in [1.54, 1.807) is 0 Å². The standard InChI is InChI=1S/C16H24N2O3/c1-2-21-15-5-3-14(4-6-15)13-18-11-9-17(10-12-18)8-7-16(19)20/h3-6H,2,7-13H2,1H3,(H,19,20). The largest absolute Gasteiger partial charge is 0.494 e. The molecule has 0 aliphatic carbocycles. The Kier molecular flexibility index (Phi) is 6.02. The maximum atomic E-state index is 10.6. The van der Waals surface area contributed by atoms with Crippen molar-refractivity contribution in [2.45, 2.75) is 19.9 Å². The number of hydrogen-bond acceptors (Lipinski definition) is 4. The number of carboxylic acid groups (broad SMARTS) is 1. The Labute approximate surface area is 126 Å². The molecule has 0 amide bonds. The van der Waals surface area contributed by atoms with Crippen LogP contribution in [0.2, 0.25) is 0 Å². The minimum absolute atomic E-state index is 0.235. The van der Waals surface area contributed by atoms with E-state index in [4.69, 9.17) is 9.84 Å². The molecule has 0 aromatic heterocycles. The molecule has 5 heteroatoms. The molecule has 5 nitrogen and oxygen atoms in total. The molecule has 0 radical (unpaired) electrons. The van der Waals surface area contributed by atoms with Gasteiger partial charge in [0.15, 0.2) is 0 Å². The smallest absolute Gasteiger partial charge is 0.304 e. The maximum Gasteiger partial charge on any atom is 0.304 e. The van der Waals surface area contributed by atoms with Crippen LogP contribution < -0.4 is 4.74 Å². The zero-order chi connectivity index (χ0) is 15.1. The van der Waals surface area contributed by atoms with E-state index < -0.39 is 5.97 Å². The molecule has 1 saturated heterocycles. The van der Waals surface area contributed by atoms with Gasteiger partial charge in [-0.3, -0.25) is 9.69 Å². The number of nitrogens with zero attached hydrogens (tertiary/aromatic N) is 2. The lowest BCUT2D eigenvalue weighted by Gasteiger charge is -2.34. The van der Waals surface area contributed by atoms with Gasteiger partial charge in [-0.25, -0.2) is 0 Å². The fourth-order valence-corrected chi connectivity index (χ4v) is 2.54. The summed E-state index contributed by atoms with van der Waals surface area (Å²) in [6, 6.07) is 8.26. The second-order valence-electron chi connectivity index (χ2n) is 5.34. The molecule has 1 N–H and O–H groups in total. The molecule has 1 aromatic rings. The molecule has 1 fully saturated rings. The van der Waals surface area contributed by atoms with Crippen molar-refractivity contribution in [3.05, 3.63) is 29.8 Å².